The monoisotopic (exact) mass is 148 g/mol. The second-order valence-corrected chi connectivity index (χ2v) is 1.76. The molecule has 0 aliphatic heterocycles. The molecule has 0 saturated carbocycles. The number of hydrogen-bond donors (Lipinski definition) is 1. The van der Waals surface area contributed by atoms with E-state index in [4.69, 9.17) is 0 Å². The summed E-state index contributed by atoms with van der Waals surface area (Å²) in [6.45, 7) is 0. The van der Waals surface area contributed by atoms with Gasteiger partial charge in [0.2, 0.25) is 0 Å². The van der Waals surface area contributed by atoms with Crippen molar-refractivity contribution in [1.82, 2.24) is 0 Å². The molecule has 0 aromatic heterocycles. The summed E-state index contributed by atoms with van der Waals surface area (Å²) in [5.74, 6) is 0. The average Bonchev–Trinajstić information content (AvgIpc) is 1.64. The van der Waals surface area contributed by atoms with E-state index in [-0.39, 0.29) is 0 Å². The van der Waals surface area contributed by atoms with Crippen LogP contribution in [0.4, 0.5) is 17.6 Å². The van der Waals surface area contributed by atoms with Crippen molar-refractivity contribution in [2.75, 3.05) is 0 Å². The molecule has 0 atom stereocenters. The van der Waals surface area contributed by atoms with Crippen molar-refractivity contribution in [2.45, 2.75) is 18.1 Å². The molecule has 0 aliphatic rings. The van der Waals surface area contributed by atoms with Crippen molar-refractivity contribution in [2.24, 2.45) is 0 Å². The van der Waals surface area contributed by atoms with Crippen LogP contribution < -0.4 is 0 Å². The minimum atomic E-state index is -3.04. The highest BCUT2D eigenvalue weighted by Crippen LogP contribution is 2.15. The maximum atomic E-state index is 11.1. The van der Waals surface area contributed by atoms with Gasteiger partial charge in [-0.2, -0.15) is 12.6 Å². The Morgan fingerprint density at radius 2 is 1.12 bits per heavy atom. The van der Waals surface area contributed by atoms with Crippen LogP contribution in [0.25, 0.3) is 0 Å². The summed E-state index contributed by atoms with van der Waals surface area (Å²) in [6.07, 6.45) is -6.09. The second-order valence-electron chi connectivity index (χ2n) is 1.16. The summed E-state index contributed by atoms with van der Waals surface area (Å²) in [4.78, 5) is 0. The Hall–Kier alpha value is 0.0700. The Balaban J connectivity index is 3.46. The Morgan fingerprint density at radius 3 is 1.12 bits per heavy atom. The zero-order valence-electron chi connectivity index (χ0n) is 3.69. The van der Waals surface area contributed by atoms with Gasteiger partial charge in [0.1, 0.15) is 5.25 Å². The van der Waals surface area contributed by atoms with Crippen molar-refractivity contribution in [3.8, 4) is 0 Å². The van der Waals surface area contributed by atoms with E-state index in [1.807, 2.05) is 0 Å². The summed E-state index contributed by atoms with van der Waals surface area (Å²) in [5, 5.41) is -2.10. The predicted octanol–water partition coefficient (Wildman–Crippen LogP) is 1.81. The maximum Gasteiger partial charge on any atom is 0.255 e. The fourth-order valence-corrected chi connectivity index (χ4v) is 0.110. The molecule has 0 unspecified atom stereocenters. The highest BCUT2D eigenvalue weighted by atomic mass is 32.1. The molecule has 5 heteroatoms. The van der Waals surface area contributed by atoms with Crippen LogP contribution in [0.1, 0.15) is 0 Å². The predicted molar refractivity (Wildman–Crippen MR) is 24.8 cm³/mol. The first-order chi connectivity index (χ1) is 3.55. The molecule has 0 heterocycles. The van der Waals surface area contributed by atoms with Gasteiger partial charge >= 0.3 is 0 Å². The van der Waals surface area contributed by atoms with Crippen LogP contribution >= 0.6 is 12.6 Å². The second kappa shape index (κ2) is 3.17. The summed E-state index contributed by atoms with van der Waals surface area (Å²) in [5.41, 5.74) is 0. The van der Waals surface area contributed by atoms with Crippen molar-refractivity contribution in [3.05, 3.63) is 0 Å². The lowest BCUT2D eigenvalue weighted by atomic mass is 10.5. The highest BCUT2D eigenvalue weighted by molar-refractivity contribution is 7.81. The van der Waals surface area contributed by atoms with Crippen molar-refractivity contribution < 1.29 is 17.6 Å². The number of halogens is 4. The summed E-state index contributed by atoms with van der Waals surface area (Å²) in [6, 6.07) is 0. The Labute approximate surface area is 49.3 Å². The Kier molecular flexibility index (Phi) is 3.19. The number of thiol groups is 1. The van der Waals surface area contributed by atoms with Crippen LogP contribution in [0.3, 0.4) is 0 Å². The summed E-state index contributed by atoms with van der Waals surface area (Å²) >= 11 is 2.92. The van der Waals surface area contributed by atoms with Gasteiger partial charge in [0, 0.05) is 0 Å². The fraction of sp³-hybridized carbons (Fsp3) is 1.00. The van der Waals surface area contributed by atoms with Crippen molar-refractivity contribution in [3.63, 3.8) is 0 Å². The van der Waals surface area contributed by atoms with Crippen LogP contribution in [0, 0.1) is 0 Å². The van der Waals surface area contributed by atoms with E-state index < -0.39 is 18.1 Å². The zero-order chi connectivity index (χ0) is 6.73. The van der Waals surface area contributed by atoms with E-state index in [1.54, 1.807) is 0 Å². The third-order valence-electron chi connectivity index (χ3n) is 0.516. The molecule has 0 spiro atoms. The van der Waals surface area contributed by atoms with Gasteiger partial charge in [0.25, 0.3) is 12.9 Å². The molecule has 0 fully saturated rings. The molecule has 0 amide bonds. The largest absolute Gasteiger partial charge is 0.255 e. The van der Waals surface area contributed by atoms with Crippen molar-refractivity contribution in [1.29, 1.82) is 0 Å². The number of rotatable bonds is 2. The Morgan fingerprint density at radius 1 is 0.875 bits per heavy atom. The van der Waals surface area contributed by atoms with E-state index in [2.05, 4.69) is 12.6 Å². The molecule has 0 aromatic rings. The normalized spacial score (nSPS) is 12.0. The van der Waals surface area contributed by atoms with Gasteiger partial charge < -0.3 is 0 Å². The van der Waals surface area contributed by atoms with Gasteiger partial charge in [-0.15, -0.1) is 0 Å². The molecule has 8 heavy (non-hydrogen) atoms. The maximum absolute atomic E-state index is 11.1. The van der Waals surface area contributed by atoms with E-state index in [9.17, 15) is 17.6 Å². The summed E-state index contributed by atoms with van der Waals surface area (Å²) in [7, 11) is 0. The topological polar surface area (TPSA) is 0 Å². The molecule has 0 rings (SSSR count). The molecule has 0 N–H and O–H groups in total. The van der Waals surface area contributed by atoms with Gasteiger partial charge in [-0.3, -0.25) is 0 Å². The molecule has 50 valence electrons. The molecule has 0 aromatic carbocycles. The van der Waals surface area contributed by atoms with Gasteiger partial charge in [-0.1, -0.05) is 0 Å². The van der Waals surface area contributed by atoms with Gasteiger partial charge in [0.05, 0.1) is 0 Å². The zero-order valence-corrected chi connectivity index (χ0v) is 4.59. The van der Waals surface area contributed by atoms with E-state index in [1.165, 1.54) is 0 Å². The molecule has 0 nitrogen and oxygen atoms in total. The first-order valence-corrected chi connectivity index (χ1v) is 2.31. The van der Waals surface area contributed by atoms with Crippen LogP contribution in [0.5, 0.6) is 0 Å². The molecular weight excluding hydrogens is 144 g/mol. The van der Waals surface area contributed by atoms with Crippen LogP contribution in [-0.2, 0) is 0 Å². The number of hydrogen-bond acceptors (Lipinski definition) is 1. The first-order valence-electron chi connectivity index (χ1n) is 1.80. The molecular formula is C3H4F4S. The smallest absolute Gasteiger partial charge is 0.209 e. The lowest BCUT2D eigenvalue weighted by Gasteiger charge is -2.05. The van der Waals surface area contributed by atoms with E-state index in [0.29, 0.717) is 0 Å². The van der Waals surface area contributed by atoms with Crippen molar-refractivity contribution >= 4 is 12.6 Å². The van der Waals surface area contributed by atoms with Crippen LogP contribution in [0.15, 0.2) is 0 Å². The van der Waals surface area contributed by atoms with E-state index >= 15 is 0 Å². The first kappa shape index (κ1) is 8.07. The molecule has 0 bridgehead atoms. The quantitative estimate of drug-likeness (QED) is 0.448. The van der Waals surface area contributed by atoms with Crippen LogP contribution in [-0.4, -0.2) is 18.1 Å². The Bertz CT molecular complexity index is 56.3. The van der Waals surface area contributed by atoms with Crippen LogP contribution in [0.2, 0.25) is 0 Å². The fourth-order valence-electron chi connectivity index (χ4n) is 0.110. The molecule has 0 aliphatic carbocycles. The summed E-state index contributed by atoms with van der Waals surface area (Å²) < 4.78 is 44.5. The minimum absolute atomic E-state index is 2.10. The molecule has 0 saturated heterocycles. The third kappa shape index (κ3) is 2.40. The van der Waals surface area contributed by atoms with Gasteiger partial charge in [0.15, 0.2) is 0 Å². The number of alkyl halides is 4. The van der Waals surface area contributed by atoms with Gasteiger partial charge in [-0.05, 0) is 0 Å². The van der Waals surface area contributed by atoms with E-state index in [0.717, 1.165) is 0 Å². The lowest BCUT2D eigenvalue weighted by molar-refractivity contribution is 0.0536. The minimum Gasteiger partial charge on any atom is -0.209 e. The average molecular weight is 148 g/mol. The highest BCUT2D eigenvalue weighted by Gasteiger charge is 2.25. The standard InChI is InChI=1S/C3H4F4S/c4-2(5)1(8)3(6)7/h1-3,8H. The SMILES string of the molecule is FC(F)C(S)C(F)F. The molecule has 0 radical (unpaired) electrons. The lowest BCUT2D eigenvalue weighted by Crippen LogP contribution is -2.19. The van der Waals surface area contributed by atoms with Gasteiger partial charge in [-0.25, -0.2) is 17.6 Å². The third-order valence-corrected chi connectivity index (χ3v) is 0.967.